The van der Waals surface area contributed by atoms with Crippen molar-refractivity contribution in [1.29, 1.82) is 0 Å². The maximum absolute atomic E-state index is 6.22. The molecule has 0 saturated heterocycles. The van der Waals surface area contributed by atoms with E-state index >= 15 is 0 Å². The summed E-state index contributed by atoms with van der Waals surface area (Å²) in [5.74, 6) is 1.36. The number of hydrogen-bond donors (Lipinski definition) is 0. The molecule has 0 amide bonds. The maximum Gasteiger partial charge on any atom is 0.221 e. The van der Waals surface area contributed by atoms with Crippen molar-refractivity contribution in [2.45, 2.75) is 24.2 Å². The molecule has 0 aliphatic carbocycles. The second-order valence-corrected chi connectivity index (χ2v) is 15.4. The highest BCUT2D eigenvalue weighted by Crippen LogP contribution is 2.53. The van der Waals surface area contributed by atoms with Gasteiger partial charge in [0.1, 0.15) is 0 Å². The highest BCUT2D eigenvalue weighted by atomic mass is 31.1. The van der Waals surface area contributed by atoms with Gasteiger partial charge in [0.15, 0.2) is 12.1 Å². The Morgan fingerprint density at radius 3 is 1.54 bits per heavy atom. The Balaban J connectivity index is 1.67. The van der Waals surface area contributed by atoms with Crippen LogP contribution in [-0.2, 0) is 9.47 Å². The van der Waals surface area contributed by atoms with Crippen molar-refractivity contribution in [3.63, 3.8) is 0 Å². The molecule has 0 spiro atoms. The SMILES string of the molecule is COC1=NC(OC)C[C@@H](P(c2ccccc2)c2ccccc2)C1c1c(P(c2ccccc2)c2ccccc2)cc(OC)nc1OC. The van der Waals surface area contributed by atoms with Gasteiger partial charge in [0, 0.05) is 30.8 Å². The molecule has 2 unspecified atom stereocenters. The predicted molar refractivity (Wildman–Crippen MR) is 192 cm³/mol. The second kappa shape index (κ2) is 15.0. The van der Waals surface area contributed by atoms with E-state index in [4.69, 9.17) is 28.9 Å². The van der Waals surface area contributed by atoms with Gasteiger partial charge in [0.05, 0.1) is 27.2 Å². The number of hydrogen-bond acceptors (Lipinski definition) is 6. The third-order valence-electron chi connectivity index (χ3n) is 8.21. The zero-order valence-corrected chi connectivity index (χ0v) is 28.3. The van der Waals surface area contributed by atoms with Crippen LogP contribution in [0.4, 0.5) is 0 Å². The van der Waals surface area contributed by atoms with E-state index in [0.29, 0.717) is 24.1 Å². The van der Waals surface area contributed by atoms with E-state index in [0.717, 1.165) is 10.9 Å². The third kappa shape index (κ3) is 6.57. The van der Waals surface area contributed by atoms with E-state index < -0.39 is 15.8 Å². The molecule has 4 aromatic carbocycles. The van der Waals surface area contributed by atoms with Crippen LogP contribution in [0.1, 0.15) is 17.9 Å². The Hall–Kier alpha value is -4.08. The van der Waals surface area contributed by atoms with Gasteiger partial charge in [-0.1, -0.05) is 121 Å². The Kier molecular flexibility index (Phi) is 10.4. The minimum Gasteiger partial charge on any atom is -0.484 e. The van der Waals surface area contributed by atoms with Crippen molar-refractivity contribution >= 4 is 48.3 Å². The van der Waals surface area contributed by atoms with E-state index in [-0.39, 0.29) is 17.8 Å². The van der Waals surface area contributed by atoms with E-state index in [1.54, 1.807) is 28.4 Å². The van der Waals surface area contributed by atoms with Gasteiger partial charge in [0.2, 0.25) is 11.8 Å². The first kappa shape index (κ1) is 31.9. The largest absolute Gasteiger partial charge is 0.484 e. The highest BCUT2D eigenvalue weighted by molar-refractivity contribution is 7.80. The van der Waals surface area contributed by atoms with Crippen LogP contribution < -0.4 is 36.0 Å². The summed E-state index contributed by atoms with van der Waals surface area (Å²) in [7, 11) is 4.78. The molecule has 1 aromatic heterocycles. The molecule has 6 nitrogen and oxygen atoms in total. The molecular weight excluding hydrogens is 610 g/mol. The molecule has 0 fully saturated rings. The second-order valence-electron chi connectivity index (χ2n) is 10.8. The molecule has 5 aromatic rings. The predicted octanol–water partition coefficient (Wildman–Crippen LogP) is 5.86. The quantitative estimate of drug-likeness (QED) is 0.178. The molecule has 8 heteroatoms. The van der Waals surface area contributed by atoms with Gasteiger partial charge in [-0.15, -0.1) is 0 Å². The summed E-state index contributed by atoms with van der Waals surface area (Å²) in [5.41, 5.74) is 1.02. The van der Waals surface area contributed by atoms with Crippen LogP contribution in [0.3, 0.4) is 0 Å². The first-order chi connectivity index (χ1) is 22.7. The Morgan fingerprint density at radius 2 is 1.11 bits per heavy atom. The molecular formula is C38H38N2O4P2. The molecule has 0 N–H and O–H groups in total. The topological polar surface area (TPSA) is 62.2 Å². The molecule has 46 heavy (non-hydrogen) atoms. The Labute approximate surface area is 274 Å². The molecule has 2 heterocycles. The van der Waals surface area contributed by atoms with Gasteiger partial charge < -0.3 is 18.9 Å². The molecule has 234 valence electrons. The van der Waals surface area contributed by atoms with Gasteiger partial charge >= 0.3 is 0 Å². The van der Waals surface area contributed by atoms with Gasteiger partial charge in [-0.05, 0) is 42.4 Å². The van der Waals surface area contributed by atoms with Crippen LogP contribution >= 0.6 is 15.8 Å². The lowest BCUT2D eigenvalue weighted by atomic mass is 9.91. The van der Waals surface area contributed by atoms with Crippen molar-refractivity contribution in [1.82, 2.24) is 4.98 Å². The van der Waals surface area contributed by atoms with E-state index in [9.17, 15) is 0 Å². The van der Waals surface area contributed by atoms with E-state index in [1.165, 1.54) is 21.2 Å². The average Bonchev–Trinajstić information content (AvgIpc) is 3.13. The summed E-state index contributed by atoms with van der Waals surface area (Å²) in [4.78, 5) is 9.93. The van der Waals surface area contributed by atoms with Crippen molar-refractivity contribution in [2.75, 3.05) is 28.4 Å². The molecule has 6 rings (SSSR count). The minimum atomic E-state index is -1.06. The van der Waals surface area contributed by atoms with Crippen LogP contribution in [0.5, 0.6) is 11.8 Å². The lowest BCUT2D eigenvalue weighted by molar-refractivity contribution is 0.0920. The summed E-state index contributed by atoms with van der Waals surface area (Å²) in [6, 6.07) is 45.0. The van der Waals surface area contributed by atoms with Crippen molar-refractivity contribution in [3.8, 4) is 11.8 Å². The molecule has 0 saturated carbocycles. The van der Waals surface area contributed by atoms with E-state index in [1.807, 2.05) is 0 Å². The molecule has 0 radical (unpaired) electrons. The first-order valence-electron chi connectivity index (χ1n) is 15.2. The van der Waals surface area contributed by atoms with E-state index in [2.05, 4.69) is 127 Å². The number of aliphatic imine (C=N–C) groups is 1. The fraction of sp³-hybridized carbons (Fsp3) is 0.211. The lowest BCUT2D eigenvalue weighted by Gasteiger charge is -2.40. The average molecular weight is 649 g/mol. The number of aromatic nitrogens is 1. The molecule has 1 aliphatic rings. The number of ether oxygens (including phenoxy) is 4. The third-order valence-corrected chi connectivity index (χ3v) is 13.6. The molecule has 1 aliphatic heterocycles. The molecule has 3 atom stereocenters. The van der Waals surface area contributed by atoms with Crippen molar-refractivity contribution in [3.05, 3.63) is 133 Å². The smallest absolute Gasteiger partial charge is 0.221 e. The van der Waals surface area contributed by atoms with Gasteiger partial charge in [-0.2, -0.15) is 4.98 Å². The van der Waals surface area contributed by atoms with Crippen LogP contribution in [0.15, 0.2) is 132 Å². The monoisotopic (exact) mass is 648 g/mol. The first-order valence-corrected chi connectivity index (χ1v) is 18.0. The fourth-order valence-electron chi connectivity index (χ4n) is 6.21. The Bertz CT molecular complexity index is 1660. The number of pyridine rings is 1. The van der Waals surface area contributed by atoms with Gasteiger partial charge in [-0.25, -0.2) is 4.99 Å². The number of rotatable bonds is 10. The summed E-state index contributed by atoms with van der Waals surface area (Å²) < 4.78 is 24.1. The van der Waals surface area contributed by atoms with Crippen molar-refractivity contribution in [2.24, 2.45) is 4.99 Å². The number of benzene rings is 4. The number of methoxy groups -OCH3 is 4. The Morgan fingerprint density at radius 1 is 0.609 bits per heavy atom. The van der Waals surface area contributed by atoms with Gasteiger partial charge in [-0.3, -0.25) is 0 Å². The fourth-order valence-corrected chi connectivity index (χ4v) is 11.7. The molecule has 0 bridgehead atoms. The van der Waals surface area contributed by atoms with Crippen LogP contribution in [0.25, 0.3) is 0 Å². The van der Waals surface area contributed by atoms with Crippen LogP contribution in [0.2, 0.25) is 0 Å². The summed E-state index contributed by atoms with van der Waals surface area (Å²) in [6.07, 6.45) is 0.353. The zero-order chi connectivity index (χ0) is 31.9. The number of nitrogens with zero attached hydrogens (tertiary/aromatic N) is 2. The lowest BCUT2D eigenvalue weighted by Crippen LogP contribution is -2.41. The van der Waals surface area contributed by atoms with Crippen LogP contribution in [0, 0.1) is 0 Å². The minimum absolute atomic E-state index is 0.0449. The highest BCUT2D eigenvalue weighted by Gasteiger charge is 2.45. The maximum atomic E-state index is 6.22. The zero-order valence-electron chi connectivity index (χ0n) is 26.5. The standard InChI is InChI=1S/C38H38N2O4P2/c1-41-33-25-31(45(27-17-9-5-10-18-27)28-19-11-6-12-20-28)35(37(39-33)43-3)36-32(26-34(42-2)40-38(36)44-4)46(29-21-13-7-14-22-29)30-23-15-8-16-24-30/h5-25,32,34,36H,26H2,1-4H3/t32-,34?,36?/m1/s1. The van der Waals surface area contributed by atoms with Crippen LogP contribution in [-0.4, -0.2) is 51.2 Å². The van der Waals surface area contributed by atoms with Crippen molar-refractivity contribution < 1.29 is 18.9 Å². The normalized spacial score (nSPS) is 17.9. The summed E-state index contributed by atoms with van der Waals surface area (Å²) >= 11 is 0. The summed E-state index contributed by atoms with van der Waals surface area (Å²) in [6.45, 7) is 0. The van der Waals surface area contributed by atoms with Gasteiger partial charge in [0.25, 0.3) is 0 Å². The summed E-state index contributed by atoms with van der Waals surface area (Å²) in [5, 5.41) is 6.09.